The highest BCUT2D eigenvalue weighted by atomic mass is 19.4. The molecule has 0 spiro atoms. The van der Waals surface area contributed by atoms with Crippen molar-refractivity contribution < 1.29 is 46.1 Å². The second-order valence-corrected chi connectivity index (χ2v) is 5.65. The topological polar surface area (TPSA) is 74.6 Å². The Morgan fingerprint density at radius 1 is 1.28 bits per heavy atom. The molecule has 2 atom stereocenters. The molecule has 0 aromatic heterocycles. The molecule has 138 valence electrons. The molecule has 10 heteroatoms. The van der Waals surface area contributed by atoms with Gasteiger partial charge in [0.2, 0.25) is 0 Å². The first-order valence-electron chi connectivity index (χ1n) is 6.60. The van der Waals surface area contributed by atoms with Crippen molar-refractivity contribution in [3.05, 3.63) is 23.3 Å². The van der Waals surface area contributed by atoms with Crippen LogP contribution in [-0.4, -0.2) is 39.9 Å². The fraction of sp³-hybridized carbons (Fsp3) is 0.467. The standard InChI is InChI=1S/C15H12F6O4/c1-8-5-10(22)7-12(2,15(19,20)21)13(8,25)4-3-9(6-11(23)24)14(16,17)18/h5-6,25H,7H2,1-2H3,(H,23,24). The van der Waals surface area contributed by atoms with Gasteiger partial charge in [0.05, 0.1) is 0 Å². The van der Waals surface area contributed by atoms with E-state index in [9.17, 15) is 41.0 Å². The largest absolute Gasteiger partial charge is 0.478 e. The van der Waals surface area contributed by atoms with Crippen LogP contribution in [0.1, 0.15) is 20.3 Å². The summed E-state index contributed by atoms with van der Waals surface area (Å²) in [6, 6.07) is 0. The lowest BCUT2D eigenvalue weighted by Gasteiger charge is -2.45. The molecule has 0 radical (unpaired) electrons. The molecule has 1 aliphatic carbocycles. The van der Waals surface area contributed by atoms with Crippen molar-refractivity contribution in [1.29, 1.82) is 0 Å². The number of carboxylic acids is 1. The first-order chi connectivity index (χ1) is 11.0. The summed E-state index contributed by atoms with van der Waals surface area (Å²) < 4.78 is 78.4. The molecule has 25 heavy (non-hydrogen) atoms. The Balaban J connectivity index is 3.63. The van der Waals surface area contributed by atoms with E-state index in [2.05, 4.69) is 0 Å². The van der Waals surface area contributed by atoms with Crippen LogP contribution < -0.4 is 0 Å². The number of halogens is 6. The van der Waals surface area contributed by atoms with E-state index in [-0.39, 0.29) is 6.08 Å². The second kappa shape index (κ2) is 6.22. The van der Waals surface area contributed by atoms with Crippen molar-refractivity contribution in [3.63, 3.8) is 0 Å². The van der Waals surface area contributed by atoms with Crippen LogP contribution in [0.25, 0.3) is 0 Å². The number of hydrogen-bond acceptors (Lipinski definition) is 3. The molecule has 0 heterocycles. The van der Waals surface area contributed by atoms with Gasteiger partial charge >= 0.3 is 18.3 Å². The number of aliphatic carboxylic acids is 1. The highest BCUT2D eigenvalue weighted by molar-refractivity contribution is 5.93. The van der Waals surface area contributed by atoms with Gasteiger partial charge in [0.1, 0.15) is 11.0 Å². The van der Waals surface area contributed by atoms with Gasteiger partial charge in [0.15, 0.2) is 11.4 Å². The van der Waals surface area contributed by atoms with Crippen molar-refractivity contribution in [2.45, 2.75) is 38.2 Å². The molecule has 2 N–H and O–H groups in total. The number of hydrogen-bond donors (Lipinski definition) is 2. The second-order valence-electron chi connectivity index (χ2n) is 5.65. The van der Waals surface area contributed by atoms with E-state index in [1.807, 2.05) is 0 Å². The van der Waals surface area contributed by atoms with Gasteiger partial charge in [0.25, 0.3) is 0 Å². The SMILES string of the molecule is CC1=CC(=O)CC(C)(C(F)(F)F)C1(O)C#CC(=CC(=O)O)C(F)(F)F. The predicted molar refractivity (Wildman–Crippen MR) is 72.0 cm³/mol. The minimum atomic E-state index is -5.25. The molecule has 2 unspecified atom stereocenters. The van der Waals surface area contributed by atoms with E-state index >= 15 is 0 Å². The molecular formula is C15H12F6O4. The summed E-state index contributed by atoms with van der Waals surface area (Å²) in [5.41, 5.74) is -8.83. The maximum Gasteiger partial charge on any atom is 0.424 e. The van der Waals surface area contributed by atoms with Gasteiger partial charge in [-0.1, -0.05) is 11.8 Å². The minimum Gasteiger partial charge on any atom is -0.478 e. The highest BCUT2D eigenvalue weighted by Crippen LogP contribution is 2.53. The van der Waals surface area contributed by atoms with Crippen molar-refractivity contribution in [2.24, 2.45) is 5.41 Å². The molecule has 0 aromatic carbocycles. The van der Waals surface area contributed by atoms with Crippen LogP contribution in [-0.2, 0) is 9.59 Å². The lowest BCUT2D eigenvalue weighted by Crippen LogP contribution is -2.58. The predicted octanol–water partition coefficient (Wildman–Crippen LogP) is 2.78. The maximum absolute atomic E-state index is 13.4. The highest BCUT2D eigenvalue weighted by Gasteiger charge is 2.65. The number of rotatable bonds is 1. The van der Waals surface area contributed by atoms with Crippen LogP contribution in [0.2, 0.25) is 0 Å². The molecule has 1 rings (SSSR count). The zero-order valence-electron chi connectivity index (χ0n) is 12.8. The number of aliphatic hydroxyl groups is 1. The van der Waals surface area contributed by atoms with E-state index in [0.29, 0.717) is 13.0 Å². The van der Waals surface area contributed by atoms with Gasteiger partial charge in [0, 0.05) is 12.5 Å². The summed E-state index contributed by atoms with van der Waals surface area (Å²) in [6.45, 7) is 1.38. The Morgan fingerprint density at radius 3 is 2.20 bits per heavy atom. The fourth-order valence-corrected chi connectivity index (χ4v) is 2.32. The molecule has 0 saturated heterocycles. The van der Waals surface area contributed by atoms with Gasteiger partial charge in [-0.25, -0.2) is 4.79 Å². The van der Waals surface area contributed by atoms with Crippen molar-refractivity contribution in [2.75, 3.05) is 0 Å². The maximum atomic E-state index is 13.4. The third-order valence-electron chi connectivity index (χ3n) is 3.85. The van der Waals surface area contributed by atoms with Gasteiger partial charge in [-0.3, -0.25) is 4.79 Å². The summed E-state index contributed by atoms with van der Waals surface area (Å²) in [6.07, 6.45) is -11.3. The Labute approximate surface area is 137 Å². The molecule has 0 saturated carbocycles. The Hall–Kier alpha value is -2.28. The minimum absolute atomic E-state index is 0.325. The van der Waals surface area contributed by atoms with Crippen molar-refractivity contribution in [3.8, 4) is 11.8 Å². The number of ketones is 1. The zero-order valence-corrected chi connectivity index (χ0v) is 12.8. The number of carboxylic acid groups (broad SMARTS) is 1. The summed E-state index contributed by atoms with van der Waals surface area (Å²) >= 11 is 0. The van der Waals surface area contributed by atoms with Gasteiger partial charge in [-0.15, -0.1) is 0 Å². The van der Waals surface area contributed by atoms with Crippen LogP contribution in [0.3, 0.4) is 0 Å². The van der Waals surface area contributed by atoms with Crippen LogP contribution in [0.5, 0.6) is 0 Å². The average molecular weight is 370 g/mol. The van der Waals surface area contributed by atoms with E-state index in [1.54, 1.807) is 0 Å². The first-order valence-corrected chi connectivity index (χ1v) is 6.60. The number of carbonyl (C=O) groups is 2. The Morgan fingerprint density at radius 2 is 1.80 bits per heavy atom. The van der Waals surface area contributed by atoms with E-state index in [0.717, 1.165) is 6.92 Å². The molecule has 0 aliphatic heterocycles. The van der Waals surface area contributed by atoms with Crippen LogP contribution in [0.4, 0.5) is 26.3 Å². The van der Waals surface area contributed by atoms with Crippen molar-refractivity contribution in [1.82, 2.24) is 0 Å². The molecule has 0 bridgehead atoms. The van der Waals surface area contributed by atoms with Crippen LogP contribution >= 0.6 is 0 Å². The third-order valence-corrected chi connectivity index (χ3v) is 3.85. The number of carbonyl (C=O) groups excluding carboxylic acids is 1. The van der Waals surface area contributed by atoms with Crippen molar-refractivity contribution >= 4 is 11.8 Å². The zero-order chi connectivity index (χ0) is 19.8. The monoisotopic (exact) mass is 370 g/mol. The molecular weight excluding hydrogens is 358 g/mol. The lowest BCUT2D eigenvalue weighted by atomic mass is 9.63. The molecule has 0 aromatic rings. The number of allylic oxidation sites excluding steroid dienone is 2. The Bertz CT molecular complexity index is 719. The quantitative estimate of drug-likeness (QED) is 0.423. The Kier molecular flexibility index (Phi) is 5.17. The van der Waals surface area contributed by atoms with E-state index in [1.165, 1.54) is 11.8 Å². The van der Waals surface area contributed by atoms with Crippen LogP contribution in [0.15, 0.2) is 23.3 Å². The molecule has 0 amide bonds. The van der Waals surface area contributed by atoms with E-state index < -0.39 is 52.7 Å². The average Bonchev–Trinajstić information content (AvgIpc) is 2.38. The third kappa shape index (κ3) is 3.87. The summed E-state index contributed by atoms with van der Waals surface area (Å²) in [5, 5.41) is 18.8. The molecule has 1 aliphatic rings. The van der Waals surface area contributed by atoms with Crippen LogP contribution in [0, 0.1) is 17.3 Å². The molecule has 0 fully saturated rings. The lowest BCUT2D eigenvalue weighted by molar-refractivity contribution is -0.259. The number of alkyl halides is 6. The summed E-state index contributed by atoms with van der Waals surface area (Å²) in [7, 11) is 0. The summed E-state index contributed by atoms with van der Waals surface area (Å²) in [5.74, 6) is -0.219. The smallest absolute Gasteiger partial charge is 0.424 e. The van der Waals surface area contributed by atoms with Gasteiger partial charge in [-0.2, -0.15) is 26.3 Å². The molecule has 4 nitrogen and oxygen atoms in total. The van der Waals surface area contributed by atoms with Gasteiger partial charge in [-0.05, 0) is 25.5 Å². The summed E-state index contributed by atoms with van der Waals surface area (Å²) in [4.78, 5) is 21.9. The fourth-order valence-electron chi connectivity index (χ4n) is 2.32. The van der Waals surface area contributed by atoms with E-state index in [4.69, 9.17) is 5.11 Å². The van der Waals surface area contributed by atoms with Gasteiger partial charge < -0.3 is 10.2 Å². The normalized spacial score (nSPS) is 28.1. The first kappa shape index (κ1) is 20.8.